The molecule has 0 radical (unpaired) electrons. The van der Waals surface area contributed by atoms with Crippen LogP contribution in [0.25, 0.3) is 0 Å². The van der Waals surface area contributed by atoms with Gasteiger partial charge in [-0.2, -0.15) is 0 Å². The van der Waals surface area contributed by atoms with Crippen molar-refractivity contribution in [3.8, 4) is 0 Å². The Bertz CT molecular complexity index is 627. The number of carboxylic acids is 1. The number of amides is 2. The zero-order valence-electron chi connectivity index (χ0n) is 11.4. The number of rotatable bonds is 5. The summed E-state index contributed by atoms with van der Waals surface area (Å²) in [7, 11) is 0. The second-order valence-corrected chi connectivity index (χ2v) is 5.57. The van der Waals surface area contributed by atoms with Crippen molar-refractivity contribution in [1.82, 2.24) is 4.98 Å². The largest absolute Gasteiger partial charge is 0.481 e. The lowest BCUT2D eigenvalue weighted by molar-refractivity contribution is -0.136. The van der Waals surface area contributed by atoms with Crippen molar-refractivity contribution in [2.24, 2.45) is 0 Å². The molecule has 2 N–H and O–H groups in total. The first kappa shape index (κ1) is 15.0. The molecule has 2 amide bonds. The summed E-state index contributed by atoms with van der Waals surface area (Å²) in [5.41, 5.74) is 0.643. The Labute approximate surface area is 126 Å². The van der Waals surface area contributed by atoms with Gasteiger partial charge in [0, 0.05) is 23.3 Å². The third-order valence-electron chi connectivity index (χ3n) is 2.70. The number of aromatic nitrogens is 1. The van der Waals surface area contributed by atoms with Crippen molar-refractivity contribution in [3.05, 3.63) is 41.4 Å². The maximum Gasteiger partial charge on any atom is 0.328 e. The number of benzene rings is 1. The van der Waals surface area contributed by atoms with Crippen LogP contribution in [0.2, 0.25) is 0 Å². The van der Waals surface area contributed by atoms with E-state index in [2.05, 4.69) is 10.3 Å². The molecule has 0 aliphatic heterocycles. The molecule has 6 nitrogen and oxygen atoms in total. The average Bonchev–Trinajstić information content (AvgIpc) is 2.85. The van der Waals surface area contributed by atoms with Gasteiger partial charge >= 0.3 is 12.0 Å². The summed E-state index contributed by atoms with van der Waals surface area (Å²) in [5.74, 6) is -0.950. The van der Waals surface area contributed by atoms with E-state index in [1.54, 1.807) is 30.5 Å². The number of anilines is 2. The Morgan fingerprint density at radius 2 is 2.05 bits per heavy atom. The topological polar surface area (TPSA) is 82.5 Å². The summed E-state index contributed by atoms with van der Waals surface area (Å²) >= 11 is 1.37. The number of aryl methyl sites for hydroxylation is 1. The summed E-state index contributed by atoms with van der Waals surface area (Å²) in [4.78, 5) is 29.5. The average molecular weight is 305 g/mol. The lowest BCUT2D eigenvalue weighted by Gasteiger charge is -2.21. The van der Waals surface area contributed by atoms with Gasteiger partial charge in [-0.3, -0.25) is 15.0 Å². The van der Waals surface area contributed by atoms with Gasteiger partial charge in [0.1, 0.15) is 0 Å². The molecule has 2 rings (SSSR count). The number of carbonyl (C=O) groups is 2. The number of aliphatic carboxylic acids is 1. The highest BCUT2D eigenvalue weighted by molar-refractivity contribution is 7.15. The van der Waals surface area contributed by atoms with Gasteiger partial charge in [-0.1, -0.05) is 18.2 Å². The number of carbonyl (C=O) groups excluding carboxylic acids is 1. The minimum atomic E-state index is -0.950. The van der Waals surface area contributed by atoms with Crippen LogP contribution in [0.5, 0.6) is 0 Å². The van der Waals surface area contributed by atoms with E-state index < -0.39 is 12.0 Å². The number of hydrogen-bond donors (Lipinski definition) is 2. The molecule has 1 aromatic carbocycles. The van der Waals surface area contributed by atoms with Crippen LogP contribution >= 0.6 is 11.3 Å². The van der Waals surface area contributed by atoms with E-state index in [4.69, 9.17) is 5.11 Å². The number of para-hydroxylation sites is 1. The molecule has 2 aromatic rings. The number of nitrogens with zero attached hydrogens (tertiary/aromatic N) is 2. The normalized spacial score (nSPS) is 10.1. The third kappa shape index (κ3) is 4.28. The summed E-state index contributed by atoms with van der Waals surface area (Å²) < 4.78 is 0. The van der Waals surface area contributed by atoms with Gasteiger partial charge in [0.2, 0.25) is 0 Å². The van der Waals surface area contributed by atoms with E-state index in [0.717, 1.165) is 4.88 Å². The predicted octanol–water partition coefficient (Wildman–Crippen LogP) is 2.96. The van der Waals surface area contributed by atoms with E-state index in [1.165, 1.54) is 16.2 Å². The van der Waals surface area contributed by atoms with Gasteiger partial charge in [0.15, 0.2) is 5.13 Å². The van der Waals surface area contributed by atoms with E-state index >= 15 is 0 Å². The molecule has 0 aliphatic carbocycles. The zero-order valence-corrected chi connectivity index (χ0v) is 12.3. The highest BCUT2D eigenvalue weighted by Gasteiger charge is 2.17. The van der Waals surface area contributed by atoms with Crippen LogP contribution in [-0.4, -0.2) is 28.6 Å². The van der Waals surface area contributed by atoms with Gasteiger partial charge in [-0.25, -0.2) is 9.78 Å². The molecule has 0 aliphatic rings. The first-order valence-corrected chi connectivity index (χ1v) is 7.15. The molecule has 0 fully saturated rings. The lowest BCUT2D eigenvalue weighted by Crippen LogP contribution is -2.36. The van der Waals surface area contributed by atoms with E-state index in [9.17, 15) is 9.59 Å². The second kappa shape index (κ2) is 6.85. The van der Waals surface area contributed by atoms with Crippen molar-refractivity contribution in [3.63, 3.8) is 0 Å². The van der Waals surface area contributed by atoms with Crippen LogP contribution in [0.3, 0.4) is 0 Å². The quantitative estimate of drug-likeness (QED) is 0.889. The van der Waals surface area contributed by atoms with E-state index in [0.29, 0.717) is 10.8 Å². The van der Waals surface area contributed by atoms with E-state index in [1.807, 2.05) is 13.0 Å². The molecule has 0 unspecified atom stereocenters. The molecule has 1 aromatic heterocycles. The lowest BCUT2D eigenvalue weighted by atomic mass is 10.3. The number of urea groups is 1. The number of thiazole rings is 1. The molecule has 0 saturated carbocycles. The molecule has 21 heavy (non-hydrogen) atoms. The van der Waals surface area contributed by atoms with Crippen LogP contribution in [0.4, 0.5) is 15.6 Å². The second-order valence-electron chi connectivity index (χ2n) is 4.34. The molecule has 7 heteroatoms. The highest BCUT2D eigenvalue weighted by Crippen LogP contribution is 2.19. The van der Waals surface area contributed by atoms with Gasteiger partial charge < -0.3 is 5.11 Å². The fourth-order valence-corrected chi connectivity index (χ4v) is 2.39. The fraction of sp³-hybridized carbons (Fsp3) is 0.214. The Balaban J connectivity index is 2.14. The molecule has 0 atom stereocenters. The Morgan fingerprint density at radius 3 is 2.62 bits per heavy atom. The molecule has 0 spiro atoms. The predicted molar refractivity (Wildman–Crippen MR) is 81.9 cm³/mol. The SMILES string of the molecule is Cc1cnc(NC(=O)N(CCC(=O)O)c2ccccc2)s1. The maximum absolute atomic E-state index is 12.3. The van der Waals surface area contributed by atoms with Gasteiger partial charge in [-0.15, -0.1) is 11.3 Å². The van der Waals surface area contributed by atoms with Crippen LogP contribution in [-0.2, 0) is 4.79 Å². The molecule has 1 heterocycles. The monoisotopic (exact) mass is 305 g/mol. The summed E-state index contributed by atoms with van der Waals surface area (Å²) in [6.07, 6.45) is 1.55. The molecule has 0 saturated heterocycles. The van der Waals surface area contributed by atoms with Crippen LogP contribution in [0.15, 0.2) is 36.5 Å². The first-order valence-electron chi connectivity index (χ1n) is 6.34. The third-order valence-corrected chi connectivity index (χ3v) is 3.53. The highest BCUT2D eigenvalue weighted by atomic mass is 32.1. The van der Waals surface area contributed by atoms with Gasteiger partial charge in [-0.05, 0) is 19.1 Å². The van der Waals surface area contributed by atoms with Gasteiger partial charge in [0.05, 0.1) is 6.42 Å². The maximum atomic E-state index is 12.3. The van der Waals surface area contributed by atoms with Crippen molar-refractivity contribution in [2.75, 3.05) is 16.8 Å². The van der Waals surface area contributed by atoms with Crippen molar-refractivity contribution in [2.45, 2.75) is 13.3 Å². The minimum Gasteiger partial charge on any atom is -0.481 e. The van der Waals surface area contributed by atoms with Gasteiger partial charge in [0.25, 0.3) is 0 Å². The Morgan fingerprint density at radius 1 is 1.33 bits per heavy atom. The fourth-order valence-electron chi connectivity index (χ4n) is 1.73. The zero-order chi connectivity index (χ0) is 15.2. The standard InChI is InChI=1S/C14H15N3O3S/c1-10-9-15-13(21-10)16-14(20)17(8-7-12(18)19)11-5-3-2-4-6-11/h2-6,9H,7-8H2,1H3,(H,18,19)(H,15,16,20). The molecular weight excluding hydrogens is 290 g/mol. The molecule has 0 bridgehead atoms. The summed E-state index contributed by atoms with van der Waals surface area (Å²) in [6.45, 7) is 1.99. The summed E-state index contributed by atoms with van der Waals surface area (Å²) in [5, 5.41) is 12.0. The van der Waals surface area contributed by atoms with Crippen molar-refractivity contribution in [1.29, 1.82) is 0 Å². The van der Waals surface area contributed by atoms with Crippen LogP contribution < -0.4 is 10.2 Å². The first-order chi connectivity index (χ1) is 10.1. The smallest absolute Gasteiger partial charge is 0.328 e. The van der Waals surface area contributed by atoms with E-state index in [-0.39, 0.29) is 13.0 Å². The number of carboxylic acid groups (broad SMARTS) is 1. The number of nitrogens with one attached hydrogen (secondary N) is 1. The summed E-state index contributed by atoms with van der Waals surface area (Å²) in [6, 6.07) is 8.55. The van der Waals surface area contributed by atoms with Crippen molar-refractivity contribution >= 4 is 34.2 Å². The van der Waals surface area contributed by atoms with Crippen LogP contribution in [0, 0.1) is 6.92 Å². The molecule has 110 valence electrons. The minimum absolute atomic E-state index is 0.0928. The molecular formula is C14H15N3O3S. The Kier molecular flexibility index (Phi) is 4.89. The van der Waals surface area contributed by atoms with Crippen molar-refractivity contribution < 1.29 is 14.7 Å². The Hall–Kier alpha value is -2.41. The number of hydrogen-bond acceptors (Lipinski definition) is 4. The van der Waals surface area contributed by atoms with Crippen LogP contribution in [0.1, 0.15) is 11.3 Å².